The van der Waals surface area contributed by atoms with Gasteiger partial charge < -0.3 is 14.8 Å². The van der Waals surface area contributed by atoms with Crippen molar-refractivity contribution in [1.29, 1.82) is 0 Å². The Morgan fingerprint density at radius 1 is 1.12 bits per heavy atom. The Morgan fingerprint density at radius 3 is 2.44 bits per heavy atom. The lowest BCUT2D eigenvalue weighted by atomic mass is 9.68. The first-order valence-corrected chi connectivity index (χ1v) is 11.3. The number of allylic oxidation sites excluding steroid dienone is 3. The van der Waals surface area contributed by atoms with E-state index in [1.165, 1.54) is 6.92 Å². The monoisotopic (exact) mass is 439 g/mol. The van der Waals surface area contributed by atoms with Gasteiger partial charge in [0, 0.05) is 36.2 Å². The summed E-state index contributed by atoms with van der Waals surface area (Å²) >= 11 is 0. The second-order valence-corrected chi connectivity index (χ2v) is 9.44. The zero-order valence-electron chi connectivity index (χ0n) is 19.7. The molecule has 3 rings (SSSR count). The third kappa shape index (κ3) is 5.29. The average Bonchev–Trinajstić information content (AvgIpc) is 2.69. The van der Waals surface area contributed by atoms with Gasteiger partial charge in [-0.1, -0.05) is 45.7 Å². The van der Waals surface area contributed by atoms with Crippen LogP contribution in [0.15, 0.2) is 46.8 Å². The predicted molar refractivity (Wildman–Crippen MR) is 122 cm³/mol. The summed E-state index contributed by atoms with van der Waals surface area (Å²) < 4.78 is 10.7. The molecule has 2 aliphatic rings. The molecule has 0 bridgehead atoms. The SMILES string of the molecule is CCCCCOC(=O)C1=C(C)NC2=C(C(=O)CC(C)(C)C2)[C@@H]1c1ccc(OC(C)=O)cc1. The fourth-order valence-corrected chi connectivity index (χ4v) is 4.53. The molecule has 0 saturated carbocycles. The van der Waals surface area contributed by atoms with Crippen LogP contribution in [0.1, 0.15) is 78.2 Å². The van der Waals surface area contributed by atoms with Crippen molar-refractivity contribution in [2.45, 2.75) is 72.6 Å². The summed E-state index contributed by atoms with van der Waals surface area (Å²) in [6.07, 6.45) is 4.00. The molecule has 1 aromatic carbocycles. The number of hydrogen-bond acceptors (Lipinski definition) is 6. The minimum atomic E-state index is -0.514. The third-order valence-corrected chi connectivity index (χ3v) is 5.92. The fourth-order valence-electron chi connectivity index (χ4n) is 4.53. The van der Waals surface area contributed by atoms with Gasteiger partial charge in [-0.05, 0) is 42.9 Å². The van der Waals surface area contributed by atoms with E-state index in [2.05, 4.69) is 26.1 Å². The standard InChI is InChI=1S/C26H33NO5/c1-6-7-8-13-31-25(30)22-16(2)27-20-14-26(4,5)15-21(29)24(20)23(22)18-9-11-19(12-10-18)32-17(3)28/h9-12,23,27H,6-8,13-15H2,1-5H3/t23-/m1/s1. The van der Waals surface area contributed by atoms with Crippen LogP contribution in [0.5, 0.6) is 5.75 Å². The van der Waals surface area contributed by atoms with Crippen LogP contribution in [0.2, 0.25) is 0 Å². The Kier molecular flexibility index (Phi) is 7.22. The molecule has 6 nitrogen and oxygen atoms in total. The molecular formula is C26H33NO5. The van der Waals surface area contributed by atoms with E-state index in [-0.39, 0.29) is 11.2 Å². The number of Topliss-reactive ketones (excluding diaryl/α,β-unsaturated/α-hetero) is 1. The Hall–Kier alpha value is -2.89. The molecular weight excluding hydrogens is 406 g/mol. The van der Waals surface area contributed by atoms with Gasteiger partial charge in [0.25, 0.3) is 0 Å². The average molecular weight is 440 g/mol. The highest BCUT2D eigenvalue weighted by Crippen LogP contribution is 2.46. The molecule has 1 aliphatic carbocycles. The second-order valence-electron chi connectivity index (χ2n) is 9.44. The third-order valence-electron chi connectivity index (χ3n) is 5.92. The molecule has 6 heteroatoms. The smallest absolute Gasteiger partial charge is 0.336 e. The number of nitrogens with one attached hydrogen (secondary N) is 1. The molecule has 1 aromatic rings. The molecule has 0 fully saturated rings. The first-order chi connectivity index (χ1) is 15.1. The van der Waals surface area contributed by atoms with E-state index in [1.807, 2.05) is 19.1 Å². The lowest BCUT2D eigenvalue weighted by molar-refractivity contribution is -0.139. The maximum Gasteiger partial charge on any atom is 0.336 e. The maximum absolute atomic E-state index is 13.3. The van der Waals surface area contributed by atoms with Crippen molar-refractivity contribution in [3.63, 3.8) is 0 Å². The second kappa shape index (κ2) is 9.72. The molecule has 0 aromatic heterocycles. The number of ether oxygens (including phenoxy) is 2. The van der Waals surface area contributed by atoms with Gasteiger partial charge in [-0.3, -0.25) is 9.59 Å². The topological polar surface area (TPSA) is 81.7 Å². The number of rotatable bonds is 7. The summed E-state index contributed by atoms with van der Waals surface area (Å²) in [7, 11) is 0. The first kappa shape index (κ1) is 23.8. The number of carbonyl (C=O) groups excluding carboxylic acids is 3. The van der Waals surface area contributed by atoms with E-state index in [4.69, 9.17) is 9.47 Å². The zero-order chi connectivity index (χ0) is 23.5. The Bertz CT molecular complexity index is 968. The minimum absolute atomic E-state index is 0.0431. The van der Waals surface area contributed by atoms with E-state index >= 15 is 0 Å². The highest BCUT2D eigenvalue weighted by Gasteiger charge is 2.43. The highest BCUT2D eigenvalue weighted by molar-refractivity contribution is 6.04. The van der Waals surface area contributed by atoms with Crippen molar-refractivity contribution >= 4 is 17.7 Å². The molecule has 0 unspecified atom stereocenters. The van der Waals surface area contributed by atoms with Crippen LogP contribution < -0.4 is 10.1 Å². The van der Waals surface area contributed by atoms with Gasteiger partial charge in [0.05, 0.1) is 12.2 Å². The summed E-state index contributed by atoms with van der Waals surface area (Å²) in [6, 6.07) is 7.00. The van der Waals surface area contributed by atoms with Gasteiger partial charge in [0.1, 0.15) is 5.75 Å². The molecule has 0 spiro atoms. The molecule has 1 aliphatic heterocycles. The Labute approximate surface area is 190 Å². The van der Waals surface area contributed by atoms with Crippen LogP contribution in [-0.2, 0) is 19.1 Å². The maximum atomic E-state index is 13.3. The van der Waals surface area contributed by atoms with Crippen LogP contribution in [0, 0.1) is 5.41 Å². The van der Waals surface area contributed by atoms with Crippen molar-refractivity contribution in [3.8, 4) is 5.75 Å². The molecule has 1 heterocycles. The Balaban J connectivity index is 2.01. The molecule has 1 atom stereocenters. The molecule has 172 valence electrons. The van der Waals surface area contributed by atoms with Crippen molar-refractivity contribution < 1.29 is 23.9 Å². The van der Waals surface area contributed by atoms with Crippen LogP contribution >= 0.6 is 0 Å². The largest absolute Gasteiger partial charge is 0.462 e. The summed E-state index contributed by atoms with van der Waals surface area (Å²) in [4.78, 5) is 37.7. The zero-order valence-corrected chi connectivity index (χ0v) is 19.7. The first-order valence-electron chi connectivity index (χ1n) is 11.3. The van der Waals surface area contributed by atoms with E-state index in [0.717, 1.165) is 36.9 Å². The lowest BCUT2D eigenvalue weighted by Crippen LogP contribution is -2.38. The van der Waals surface area contributed by atoms with Crippen LogP contribution in [0.25, 0.3) is 0 Å². The van der Waals surface area contributed by atoms with Crippen LogP contribution in [-0.4, -0.2) is 24.3 Å². The highest BCUT2D eigenvalue weighted by atomic mass is 16.5. The minimum Gasteiger partial charge on any atom is -0.462 e. The molecule has 0 saturated heterocycles. The number of carbonyl (C=O) groups is 3. The lowest BCUT2D eigenvalue weighted by Gasteiger charge is -2.39. The van der Waals surface area contributed by atoms with E-state index < -0.39 is 17.9 Å². The predicted octanol–water partition coefficient (Wildman–Crippen LogP) is 4.95. The number of unbranched alkanes of at least 4 members (excludes halogenated alkanes) is 2. The van der Waals surface area contributed by atoms with Gasteiger partial charge in [-0.25, -0.2) is 4.79 Å². The van der Waals surface area contributed by atoms with Crippen molar-refractivity contribution in [1.82, 2.24) is 5.32 Å². The summed E-state index contributed by atoms with van der Waals surface area (Å²) in [5.74, 6) is -0.850. The molecule has 0 amide bonds. The van der Waals surface area contributed by atoms with Gasteiger partial charge >= 0.3 is 11.9 Å². The normalized spacial score (nSPS) is 19.9. The van der Waals surface area contributed by atoms with E-state index in [1.54, 1.807) is 12.1 Å². The number of hydrogen-bond donors (Lipinski definition) is 1. The quantitative estimate of drug-likeness (QED) is 0.368. The summed E-state index contributed by atoms with van der Waals surface area (Å²) in [6.45, 7) is 9.82. The van der Waals surface area contributed by atoms with Gasteiger partial charge in [-0.15, -0.1) is 0 Å². The number of ketones is 1. The summed E-state index contributed by atoms with van der Waals surface area (Å²) in [5.41, 5.74) is 3.33. The molecule has 0 radical (unpaired) electrons. The van der Waals surface area contributed by atoms with Crippen LogP contribution in [0.4, 0.5) is 0 Å². The number of esters is 2. The molecule has 32 heavy (non-hydrogen) atoms. The van der Waals surface area contributed by atoms with Crippen molar-refractivity contribution in [2.75, 3.05) is 6.61 Å². The van der Waals surface area contributed by atoms with Crippen molar-refractivity contribution in [2.24, 2.45) is 5.41 Å². The number of dihydropyridines is 1. The Morgan fingerprint density at radius 2 is 1.81 bits per heavy atom. The van der Waals surface area contributed by atoms with Crippen molar-refractivity contribution in [3.05, 3.63) is 52.4 Å². The van der Waals surface area contributed by atoms with Gasteiger partial charge in [0.15, 0.2) is 5.78 Å². The van der Waals surface area contributed by atoms with E-state index in [0.29, 0.717) is 35.6 Å². The van der Waals surface area contributed by atoms with Gasteiger partial charge in [0.2, 0.25) is 0 Å². The van der Waals surface area contributed by atoms with Gasteiger partial charge in [-0.2, -0.15) is 0 Å². The molecule has 1 N–H and O–H groups in total. The fraction of sp³-hybridized carbons (Fsp3) is 0.500. The summed E-state index contributed by atoms with van der Waals surface area (Å²) in [5, 5.41) is 3.34. The van der Waals surface area contributed by atoms with E-state index in [9.17, 15) is 14.4 Å². The van der Waals surface area contributed by atoms with Crippen LogP contribution in [0.3, 0.4) is 0 Å². The number of benzene rings is 1.